The second kappa shape index (κ2) is 13.9. The smallest absolute Gasteiger partial charge is 0.254 e. The van der Waals surface area contributed by atoms with Crippen molar-refractivity contribution in [1.29, 1.82) is 0 Å². The fourth-order valence-corrected chi connectivity index (χ4v) is 5.49. The predicted molar refractivity (Wildman–Crippen MR) is 162 cm³/mol. The van der Waals surface area contributed by atoms with Crippen molar-refractivity contribution in [2.45, 2.75) is 45.1 Å². The van der Waals surface area contributed by atoms with Gasteiger partial charge < -0.3 is 19.6 Å². The van der Waals surface area contributed by atoms with Crippen molar-refractivity contribution in [2.75, 3.05) is 40.8 Å². The SMILES string of the molecule is C[C@H](CO)N1C[C@H](C)[C@H](CN(C)C(=O)[C@H](Cc2ccccc2)N(C)C)OCc2ccccc2-c2ccccc2C1=O. The maximum atomic E-state index is 14.0. The van der Waals surface area contributed by atoms with Gasteiger partial charge in [-0.25, -0.2) is 0 Å². The highest BCUT2D eigenvalue weighted by Crippen LogP contribution is 2.31. The zero-order chi connectivity index (χ0) is 29.5. The molecule has 0 spiro atoms. The molecule has 0 fully saturated rings. The van der Waals surface area contributed by atoms with Gasteiger partial charge in [0.2, 0.25) is 5.91 Å². The number of carbonyl (C=O) groups is 2. The number of fused-ring (bicyclic) bond motifs is 3. The number of amides is 2. The van der Waals surface area contributed by atoms with Crippen LogP contribution in [0.25, 0.3) is 11.1 Å². The van der Waals surface area contributed by atoms with Crippen molar-refractivity contribution < 1.29 is 19.4 Å². The lowest BCUT2D eigenvalue weighted by molar-refractivity contribution is -0.137. The Kier molecular flexibility index (Phi) is 10.3. The molecule has 3 aromatic carbocycles. The fourth-order valence-electron chi connectivity index (χ4n) is 5.49. The van der Waals surface area contributed by atoms with Gasteiger partial charge in [-0.1, -0.05) is 79.7 Å². The Hall–Kier alpha value is -3.52. The third kappa shape index (κ3) is 7.22. The Morgan fingerprint density at radius 2 is 1.56 bits per heavy atom. The maximum Gasteiger partial charge on any atom is 0.254 e. The summed E-state index contributed by atoms with van der Waals surface area (Å²) in [7, 11) is 5.69. The molecule has 0 unspecified atom stereocenters. The summed E-state index contributed by atoms with van der Waals surface area (Å²) in [5.41, 5.74) is 4.49. The van der Waals surface area contributed by atoms with E-state index in [0.717, 1.165) is 22.3 Å². The van der Waals surface area contributed by atoms with Crippen molar-refractivity contribution in [3.63, 3.8) is 0 Å². The van der Waals surface area contributed by atoms with E-state index in [1.807, 2.05) is 112 Å². The van der Waals surface area contributed by atoms with Gasteiger partial charge in [-0.3, -0.25) is 14.5 Å². The topological polar surface area (TPSA) is 73.3 Å². The van der Waals surface area contributed by atoms with E-state index in [-0.39, 0.29) is 42.5 Å². The number of hydrogen-bond donors (Lipinski definition) is 1. The second-order valence-electron chi connectivity index (χ2n) is 11.4. The molecule has 0 saturated carbocycles. The van der Waals surface area contributed by atoms with Crippen LogP contribution in [-0.4, -0.2) is 90.6 Å². The summed E-state index contributed by atoms with van der Waals surface area (Å²) in [6, 6.07) is 25.0. The van der Waals surface area contributed by atoms with Gasteiger partial charge >= 0.3 is 0 Å². The van der Waals surface area contributed by atoms with E-state index >= 15 is 0 Å². The normalized spacial score (nSPS) is 19.1. The summed E-state index contributed by atoms with van der Waals surface area (Å²) in [5, 5.41) is 10.1. The first-order chi connectivity index (χ1) is 19.7. The van der Waals surface area contributed by atoms with Crippen LogP contribution < -0.4 is 0 Å². The van der Waals surface area contributed by atoms with Crippen LogP contribution in [0.5, 0.6) is 0 Å². The molecule has 0 aromatic heterocycles. The van der Waals surface area contributed by atoms with Crippen molar-refractivity contribution in [3.05, 3.63) is 95.6 Å². The summed E-state index contributed by atoms with van der Waals surface area (Å²) in [5.74, 6) is -0.203. The number of rotatable bonds is 8. The van der Waals surface area contributed by atoms with Gasteiger partial charge in [-0.15, -0.1) is 0 Å². The monoisotopic (exact) mass is 557 g/mol. The predicted octanol–water partition coefficient (Wildman–Crippen LogP) is 4.34. The molecule has 1 aliphatic heterocycles. The molecule has 1 heterocycles. The standard InChI is InChI=1S/C34H43N3O4/c1-24-20-37(25(2)22-38)33(39)30-18-12-11-17-29(30)28-16-10-9-15-27(28)23-41-32(24)21-36(5)34(40)31(35(3)4)19-26-13-7-6-8-14-26/h6-18,24-25,31-32,38H,19-23H2,1-5H3/t24-,25+,31-,32-/m0/s1. The number of carbonyl (C=O) groups excluding carboxylic acids is 2. The van der Waals surface area contributed by atoms with Gasteiger partial charge in [0.15, 0.2) is 0 Å². The van der Waals surface area contributed by atoms with Crippen LogP contribution >= 0.6 is 0 Å². The minimum absolute atomic E-state index is 0.0217. The van der Waals surface area contributed by atoms with Crippen molar-refractivity contribution in [2.24, 2.45) is 5.92 Å². The number of ether oxygens (including phenoxy) is 1. The summed E-state index contributed by atoms with van der Waals surface area (Å²) in [6.45, 7) is 4.88. The lowest BCUT2D eigenvalue weighted by Gasteiger charge is -2.36. The van der Waals surface area contributed by atoms with Gasteiger partial charge in [0.05, 0.1) is 31.4 Å². The second-order valence-corrected chi connectivity index (χ2v) is 11.4. The van der Waals surface area contributed by atoms with Crippen LogP contribution in [0.2, 0.25) is 0 Å². The molecule has 0 aliphatic carbocycles. The molecule has 41 heavy (non-hydrogen) atoms. The molecule has 4 rings (SSSR count). The molecular formula is C34H43N3O4. The van der Waals surface area contributed by atoms with Crippen LogP contribution in [-0.2, 0) is 22.6 Å². The lowest BCUT2D eigenvalue weighted by Crippen LogP contribution is -2.50. The fraction of sp³-hybridized carbons (Fsp3) is 0.412. The molecular weight excluding hydrogens is 514 g/mol. The van der Waals surface area contributed by atoms with Crippen LogP contribution in [0, 0.1) is 5.92 Å². The first kappa shape index (κ1) is 30.4. The number of aliphatic hydroxyl groups is 1. The third-order valence-electron chi connectivity index (χ3n) is 8.10. The highest BCUT2D eigenvalue weighted by molar-refractivity contribution is 6.01. The highest BCUT2D eigenvalue weighted by Gasteiger charge is 2.32. The zero-order valence-electron chi connectivity index (χ0n) is 24.9. The van der Waals surface area contributed by atoms with Gasteiger partial charge in [-0.2, -0.15) is 0 Å². The van der Waals surface area contributed by atoms with Crippen LogP contribution in [0.3, 0.4) is 0 Å². The summed E-state index contributed by atoms with van der Waals surface area (Å²) in [4.78, 5) is 33.2. The Morgan fingerprint density at radius 3 is 2.22 bits per heavy atom. The largest absolute Gasteiger partial charge is 0.394 e. The molecule has 2 amide bonds. The maximum absolute atomic E-state index is 14.0. The number of nitrogens with zero attached hydrogens (tertiary/aromatic N) is 3. The van der Waals surface area contributed by atoms with Crippen molar-refractivity contribution in [3.8, 4) is 11.1 Å². The quantitative estimate of drug-likeness (QED) is 0.446. The number of benzene rings is 3. The molecule has 0 bridgehead atoms. The molecule has 1 N–H and O–H groups in total. The van der Waals surface area contributed by atoms with E-state index in [1.165, 1.54) is 0 Å². The van der Waals surface area contributed by atoms with Crippen LogP contribution in [0.1, 0.15) is 35.3 Å². The first-order valence-corrected chi connectivity index (χ1v) is 14.4. The minimum atomic E-state index is -0.377. The highest BCUT2D eigenvalue weighted by atomic mass is 16.5. The lowest BCUT2D eigenvalue weighted by atomic mass is 9.94. The number of hydrogen-bond acceptors (Lipinski definition) is 5. The molecule has 4 atom stereocenters. The van der Waals surface area contributed by atoms with Gasteiger partial charge in [0.1, 0.15) is 0 Å². The molecule has 3 aromatic rings. The van der Waals surface area contributed by atoms with Crippen LogP contribution in [0.4, 0.5) is 0 Å². The zero-order valence-corrected chi connectivity index (χ0v) is 24.9. The average molecular weight is 558 g/mol. The van der Waals surface area contributed by atoms with E-state index < -0.39 is 0 Å². The summed E-state index contributed by atoms with van der Waals surface area (Å²) in [6.07, 6.45) is 0.277. The minimum Gasteiger partial charge on any atom is -0.394 e. The van der Waals surface area contributed by atoms with E-state index in [0.29, 0.717) is 31.7 Å². The summed E-state index contributed by atoms with van der Waals surface area (Å²) < 4.78 is 6.60. The van der Waals surface area contributed by atoms with E-state index in [2.05, 4.69) is 6.92 Å². The van der Waals surface area contributed by atoms with E-state index in [1.54, 1.807) is 9.80 Å². The molecule has 0 radical (unpaired) electrons. The van der Waals surface area contributed by atoms with Gasteiger partial charge in [0.25, 0.3) is 5.91 Å². The van der Waals surface area contributed by atoms with E-state index in [4.69, 9.17) is 4.74 Å². The number of aliphatic hydroxyl groups excluding tert-OH is 1. The molecule has 7 heteroatoms. The molecule has 7 nitrogen and oxygen atoms in total. The third-order valence-corrected chi connectivity index (χ3v) is 8.10. The summed E-state index contributed by atoms with van der Waals surface area (Å²) >= 11 is 0. The van der Waals surface area contributed by atoms with Crippen molar-refractivity contribution in [1.82, 2.24) is 14.7 Å². The van der Waals surface area contributed by atoms with Gasteiger partial charge in [-0.05, 0) is 55.8 Å². The Labute approximate surface area is 244 Å². The number of likely N-dealkylation sites (N-methyl/N-ethyl adjacent to an activating group) is 2. The molecule has 218 valence electrons. The molecule has 0 saturated heterocycles. The Bertz CT molecular complexity index is 1310. The molecule has 1 aliphatic rings. The van der Waals surface area contributed by atoms with Crippen molar-refractivity contribution >= 4 is 11.8 Å². The Morgan fingerprint density at radius 1 is 0.951 bits per heavy atom. The van der Waals surface area contributed by atoms with E-state index in [9.17, 15) is 14.7 Å². The van der Waals surface area contributed by atoms with Crippen LogP contribution in [0.15, 0.2) is 78.9 Å². The first-order valence-electron chi connectivity index (χ1n) is 14.4. The average Bonchev–Trinajstić information content (AvgIpc) is 3.01. The Balaban J connectivity index is 1.65. The van der Waals surface area contributed by atoms with Gasteiger partial charge in [0, 0.05) is 31.6 Å².